The van der Waals surface area contributed by atoms with Gasteiger partial charge in [-0.2, -0.15) is 0 Å². The molecular formula is C22H21N3O2S. The van der Waals surface area contributed by atoms with Crippen LogP contribution in [0.3, 0.4) is 0 Å². The van der Waals surface area contributed by atoms with Crippen molar-refractivity contribution in [2.75, 3.05) is 11.1 Å². The van der Waals surface area contributed by atoms with E-state index in [4.69, 9.17) is 15.9 Å². The van der Waals surface area contributed by atoms with Gasteiger partial charge in [-0.05, 0) is 49.6 Å². The van der Waals surface area contributed by atoms with Crippen molar-refractivity contribution in [2.45, 2.75) is 13.8 Å². The molecule has 0 atom stereocenters. The van der Waals surface area contributed by atoms with Crippen LogP contribution in [0.2, 0.25) is 0 Å². The van der Waals surface area contributed by atoms with E-state index in [2.05, 4.69) is 17.4 Å². The molecule has 4 N–H and O–H groups in total. The first-order valence-electron chi connectivity index (χ1n) is 8.75. The van der Waals surface area contributed by atoms with Crippen molar-refractivity contribution in [2.24, 2.45) is 0 Å². The number of amides is 1. The van der Waals surface area contributed by atoms with Gasteiger partial charge in [0.2, 0.25) is 0 Å². The van der Waals surface area contributed by atoms with E-state index in [1.807, 2.05) is 24.3 Å². The zero-order valence-electron chi connectivity index (χ0n) is 15.7. The zero-order valence-corrected chi connectivity index (χ0v) is 16.5. The normalized spacial score (nSPS) is 11.7. The van der Waals surface area contributed by atoms with E-state index in [1.165, 1.54) is 12.5 Å². The summed E-state index contributed by atoms with van der Waals surface area (Å²) in [5.41, 5.74) is 8.69. The van der Waals surface area contributed by atoms with Gasteiger partial charge in [0.05, 0.1) is 6.26 Å². The first kappa shape index (κ1) is 19.4. The van der Waals surface area contributed by atoms with Crippen molar-refractivity contribution in [3.63, 3.8) is 0 Å². The Morgan fingerprint density at radius 1 is 1.21 bits per heavy atom. The fourth-order valence-corrected chi connectivity index (χ4v) is 3.87. The lowest BCUT2D eigenvalue weighted by atomic mass is 10.0. The Kier molecular flexibility index (Phi) is 5.91. The number of nitrogens with one attached hydrogen (secondary N) is 2. The van der Waals surface area contributed by atoms with E-state index < -0.39 is 0 Å². The number of carbonyl (C=O) groups is 1. The number of hydrogen-bond acceptors (Lipinski definition) is 5. The summed E-state index contributed by atoms with van der Waals surface area (Å²) >= 11 is 1.62. The first-order valence-corrected chi connectivity index (χ1v) is 9.57. The van der Waals surface area contributed by atoms with E-state index >= 15 is 0 Å². The van der Waals surface area contributed by atoms with Crippen LogP contribution in [0.1, 0.15) is 19.4 Å². The number of rotatable bonds is 6. The molecule has 3 rings (SSSR count). The molecule has 0 radical (unpaired) electrons. The van der Waals surface area contributed by atoms with E-state index in [0.717, 1.165) is 20.5 Å². The average Bonchev–Trinajstić information content (AvgIpc) is 3.13. The topological polar surface area (TPSA) is 88.2 Å². The highest BCUT2D eigenvalue weighted by Crippen LogP contribution is 2.38. The smallest absolute Gasteiger partial charge is 0.290 e. The SMILES string of the molecule is C/C=C\O/C(=C\C)C(=O)Nc1cc(C=N)c(N)c(-c2cc3ccccc3s2)c1. The number of nitrogen functional groups attached to an aromatic ring is 1. The monoisotopic (exact) mass is 391 g/mol. The Labute approximate surface area is 167 Å². The maximum Gasteiger partial charge on any atom is 0.290 e. The number of allylic oxidation sites excluding steroid dienone is 2. The molecule has 28 heavy (non-hydrogen) atoms. The van der Waals surface area contributed by atoms with Gasteiger partial charge in [0, 0.05) is 38.3 Å². The van der Waals surface area contributed by atoms with Crippen LogP contribution in [0.5, 0.6) is 0 Å². The molecule has 1 aromatic heterocycles. The largest absolute Gasteiger partial charge is 0.460 e. The second-order valence-corrected chi connectivity index (χ2v) is 7.10. The molecule has 5 nitrogen and oxygen atoms in total. The zero-order chi connectivity index (χ0) is 20.1. The number of fused-ring (bicyclic) bond motifs is 1. The van der Waals surface area contributed by atoms with Crippen molar-refractivity contribution in [3.8, 4) is 10.4 Å². The number of carbonyl (C=O) groups excluding carboxylic acids is 1. The number of thiophene rings is 1. The van der Waals surface area contributed by atoms with Crippen LogP contribution in [-0.2, 0) is 9.53 Å². The quantitative estimate of drug-likeness (QED) is 0.223. The molecule has 3 aromatic rings. The van der Waals surface area contributed by atoms with E-state index in [0.29, 0.717) is 16.9 Å². The summed E-state index contributed by atoms with van der Waals surface area (Å²) < 4.78 is 6.46. The lowest BCUT2D eigenvalue weighted by molar-refractivity contribution is -0.115. The van der Waals surface area contributed by atoms with Gasteiger partial charge in [-0.3, -0.25) is 4.79 Å². The highest BCUT2D eigenvalue weighted by molar-refractivity contribution is 7.22. The predicted octanol–water partition coefficient (Wildman–Crippen LogP) is 5.54. The summed E-state index contributed by atoms with van der Waals surface area (Å²) in [6.07, 6.45) is 5.93. The molecule has 0 aliphatic heterocycles. The minimum absolute atomic E-state index is 0.190. The third-order valence-corrected chi connectivity index (χ3v) is 5.28. The van der Waals surface area contributed by atoms with Crippen molar-refractivity contribution < 1.29 is 9.53 Å². The van der Waals surface area contributed by atoms with E-state index in [1.54, 1.807) is 43.4 Å². The van der Waals surface area contributed by atoms with Gasteiger partial charge in [-0.1, -0.05) is 24.3 Å². The molecular weight excluding hydrogens is 370 g/mol. The Morgan fingerprint density at radius 3 is 2.68 bits per heavy atom. The lowest BCUT2D eigenvalue weighted by Crippen LogP contribution is -2.15. The summed E-state index contributed by atoms with van der Waals surface area (Å²) in [4.78, 5) is 13.5. The van der Waals surface area contributed by atoms with Gasteiger partial charge in [0.1, 0.15) is 0 Å². The summed E-state index contributed by atoms with van der Waals surface area (Å²) in [6.45, 7) is 3.53. The molecule has 142 valence electrons. The van der Waals surface area contributed by atoms with Gasteiger partial charge < -0.3 is 21.2 Å². The van der Waals surface area contributed by atoms with Crippen LogP contribution in [-0.4, -0.2) is 12.1 Å². The summed E-state index contributed by atoms with van der Waals surface area (Å²) in [5, 5.41) is 11.6. The fourth-order valence-electron chi connectivity index (χ4n) is 2.77. The van der Waals surface area contributed by atoms with Gasteiger partial charge >= 0.3 is 0 Å². The molecule has 0 saturated heterocycles. The molecule has 0 unspecified atom stereocenters. The fraction of sp³-hybridized carbons (Fsp3) is 0.0909. The lowest BCUT2D eigenvalue weighted by Gasteiger charge is -2.13. The van der Waals surface area contributed by atoms with Crippen molar-refractivity contribution in [1.82, 2.24) is 0 Å². The van der Waals surface area contributed by atoms with Crippen LogP contribution < -0.4 is 11.1 Å². The summed E-state index contributed by atoms with van der Waals surface area (Å²) in [7, 11) is 0. The molecule has 0 fully saturated rings. The van der Waals surface area contributed by atoms with Crippen LogP contribution in [0.15, 0.2) is 66.6 Å². The predicted molar refractivity (Wildman–Crippen MR) is 118 cm³/mol. The summed E-state index contributed by atoms with van der Waals surface area (Å²) in [6, 6.07) is 13.7. The maximum atomic E-state index is 12.5. The van der Waals surface area contributed by atoms with Crippen LogP contribution in [0.25, 0.3) is 20.5 Å². The average molecular weight is 391 g/mol. The van der Waals surface area contributed by atoms with Gasteiger partial charge in [-0.25, -0.2) is 0 Å². The third kappa shape index (κ3) is 3.97. The minimum Gasteiger partial charge on any atom is -0.460 e. The van der Waals surface area contributed by atoms with Crippen molar-refractivity contribution >= 4 is 44.9 Å². The van der Waals surface area contributed by atoms with Crippen molar-refractivity contribution in [3.05, 3.63) is 72.2 Å². The van der Waals surface area contributed by atoms with Crippen LogP contribution >= 0.6 is 11.3 Å². The van der Waals surface area contributed by atoms with Crippen LogP contribution in [0, 0.1) is 5.41 Å². The highest BCUT2D eigenvalue weighted by Gasteiger charge is 2.15. The molecule has 0 saturated carbocycles. The molecule has 0 aliphatic carbocycles. The molecule has 1 amide bonds. The number of nitrogens with two attached hydrogens (primary N) is 1. The molecule has 0 bridgehead atoms. The van der Waals surface area contributed by atoms with Crippen LogP contribution in [0.4, 0.5) is 11.4 Å². The van der Waals surface area contributed by atoms with Gasteiger partial charge in [0.25, 0.3) is 5.91 Å². The molecule has 2 aromatic carbocycles. The Morgan fingerprint density at radius 2 is 2.00 bits per heavy atom. The minimum atomic E-state index is -0.372. The number of benzene rings is 2. The van der Waals surface area contributed by atoms with Gasteiger partial charge in [-0.15, -0.1) is 11.3 Å². The van der Waals surface area contributed by atoms with E-state index in [-0.39, 0.29) is 11.7 Å². The second kappa shape index (κ2) is 8.54. The standard InChI is InChI=1S/C22H21N3O2S/c1-3-9-27-18(4-2)22(26)25-16-10-15(13-23)21(24)17(12-16)20-11-14-7-5-6-8-19(14)28-20/h3-13,23H,24H2,1-2H3,(H,25,26)/b9-3-,18-4-,23-13?. The first-order chi connectivity index (χ1) is 13.6. The molecule has 6 heteroatoms. The Hall–Kier alpha value is -3.38. The second-order valence-electron chi connectivity index (χ2n) is 6.01. The van der Waals surface area contributed by atoms with Gasteiger partial charge in [0.15, 0.2) is 5.76 Å². The number of ether oxygens (including phenoxy) is 1. The van der Waals surface area contributed by atoms with Crippen molar-refractivity contribution in [1.29, 1.82) is 5.41 Å². The Bertz CT molecular complexity index is 1060. The molecule has 0 spiro atoms. The highest BCUT2D eigenvalue weighted by atomic mass is 32.1. The molecule has 0 aliphatic rings. The maximum absolute atomic E-state index is 12.5. The number of anilines is 2. The molecule has 1 heterocycles. The number of hydrogen-bond donors (Lipinski definition) is 3. The Balaban J connectivity index is 2.00. The van der Waals surface area contributed by atoms with E-state index in [9.17, 15) is 4.79 Å². The summed E-state index contributed by atoms with van der Waals surface area (Å²) in [5.74, 6) is -0.182. The third-order valence-electron chi connectivity index (χ3n) is 4.13.